The molecule has 6 atom stereocenters. The summed E-state index contributed by atoms with van der Waals surface area (Å²) in [6.45, 7) is 5.63. The van der Waals surface area contributed by atoms with Gasteiger partial charge in [0, 0.05) is 45.4 Å². The molecular formula is C42H36Cl2N4O6S. The van der Waals surface area contributed by atoms with Crippen LogP contribution in [0.4, 0.5) is 11.5 Å². The average Bonchev–Trinajstić information content (AvgIpc) is 3.83. The van der Waals surface area contributed by atoms with Crippen molar-refractivity contribution < 1.29 is 29.0 Å². The second-order valence-corrected chi connectivity index (χ2v) is 17.1. The van der Waals surface area contributed by atoms with Crippen molar-refractivity contribution in [1.82, 2.24) is 9.78 Å². The number of aromatic nitrogens is 2. The maximum absolute atomic E-state index is 15.1. The van der Waals surface area contributed by atoms with Gasteiger partial charge in [-0.15, -0.1) is 11.3 Å². The topological polar surface area (TPSA) is 122 Å². The Hall–Kier alpha value is -4.97. The highest BCUT2D eigenvalue weighted by atomic mass is 35.5. The lowest BCUT2D eigenvalue weighted by Crippen LogP contribution is -2.49. The van der Waals surface area contributed by atoms with E-state index in [0.29, 0.717) is 38.6 Å². The number of carbonyl (C=O) groups is 4. The predicted octanol–water partition coefficient (Wildman–Crippen LogP) is 8.37. The fraction of sp³-hybridized carbons (Fsp3) is 0.310. The summed E-state index contributed by atoms with van der Waals surface area (Å²) in [5, 5.41) is 18.4. The second kappa shape index (κ2) is 12.5. The fourth-order valence-electron chi connectivity index (χ4n) is 9.66. The minimum atomic E-state index is -1.36. The van der Waals surface area contributed by atoms with Crippen molar-refractivity contribution in [2.24, 2.45) is 36.1 Å². The number of phenols is 1. The van der Waals surface area contributed by atoms with Gasteiger partial charge >= 0.3 is 0 Å². The summed E-state index contributed by atoms with van der Waals surface area (Å²) in [5.41, 5.74) is 2.66. The van der Waals surface area contributed by atoms with Crippen LogP contribution in [0.5, 0.6) is 11.5 Å². The molecule has 6 unspecified atom stereocenters. The molecule has 0 radical (unpaired) electrons. The largest absolute Gasteiger partial charge is 0.508 e. The molecule has 1 N–H and O–H groups in total. The van der Waals surface area contributed by atoms with Crippen LogP contribution in [0.3, 0.4) is 0 Å². The highest BCUT2D eigenvalue weighted by Gasteiger charge is 2.68. The molecule has 2 aromatic heterocycles. The number of hydrogen-bond donors (Lipinski definition) is 1. The number of aryl methyl sites for hydroxylation is 3. The first-order valence-corrected chi connectivity index (χ1v) is 19.6. The van der Waals surface area contributed by atoms with Crippen LogP contribution in [0.15, 0.2) is 72.3 Å². The standard InChI is InChI=1S/C42H36Cl2N4O6S/c1-19-6-8-22(15-30(19)44)47-38(50)26-12-11-24-28(35(26)40(47)52)17-29-39(51)48(41(53)42(29,3)36(24)25-10-9-23(54-5)16-32(25)49)34-18-31(45-46(34)4)37-20(2)27-14-21(43)7-13-33(27)55-37/h6-11,13-16,18,26,28-29,35-36,49H,12,17H2,1-5H3. The van der Waals surface area contributed by atoms with Crippen LogP contribution < -0.4 is 14.5 Å². The van der Waals surface area contributed by atoms with E-state index in [9.17, 15) is 19.5 Å². The normalized spacial score (nSPS) is 26.1. The number of halogens is 2. The smallest absolute Gasteiger partial charge is 0.242 e. The van der Waals surface area contributed by atoms with E-state index < -0.39 is 46.8 Å². The molecule has 0 spiro atoms. The molecule has 3 fully saturated rings. The number of rotatable bonds is 5. The van der Waals surface area contributed by atoms with Crippen LogP contribution in [0.1, 0.15) is 42.4 Å². The van der Waals surface area contributed by atoms with Gasteiger partial charge in [0.25, 0.3) is 0 Å². The molecule has 2 aliphatic heterocycles. The van der Waals surface area contributed by atoms with Gasteiger partial charge in [-0.1, -0.05) is 47.0 Å². The highest BCUT2D eigenvalue weighted by Crippen LogP contribution is 2.64. The van der Waals surface area contributed by atoms with Crippen LogP contribution in [-0.2, 0) is 26.2 Å². The number of hydrogen-bond acceptors (Lipinski definition) is 8. The van der Waals surface area contributed by atoms with Gasteiger partial charge in [0.2, 0.25) is 23.6 Å². The molecule has 9 rings (SSSR count). The SMILES string of the molecule is COc1ccc(C2C3=CCC4C(=O)N(c5ccc(C)c(Cl)c5)C(=O)C4C3CC3C(=O)N(c4cc(-c5sc6ccc(Cl)cc6c5C)nn4C)C(=O)C32C)c(O)c1. The number of thiophene rings is 1. The maximum atomic E-state index is 15.1. The monoisotopic (exact) mass is 794 g/mol. The summed E-state index contributed by atoms with van der Waals surface area (Å²) in [6, 6.07) is 17.5. The zero-order valence-corrected chi connectivity index (χ0v) is 32.9. The van der Waals surface area contributed by atoms with Gasteiger partial charge in [-0.25, -0.2) is 9.80 Å². The van der Waals surface area contributed by atoms with E-state index in [1.165, 1.54) is 23.0 Å². The molecule has 2 saturated heterocycles. The lowest BCUT2D eigenvalue weighted by molar-refractivity contribution is -0.131. The third-order valence-corrected chi connectivity index (χ3v) is 14.4. The van der Waals surface area contributed by atoms with Crippen LogP contribution >= 0.6 is 34.5 Å². The van der Waals surface area contributed by atoms with E-state index in [4.69, 9.17) is 33.0 Å². The van der Waals surface area contributed by atoms with Gasteiger partial charge < -0.3 is 9.84 Å². The first-order valence-electron chi connectivity index (χ1n) is 18.1. The Morgan fingerprint density at radius 1 is 0.927 bits per heavy atom. The Morgan fingerprint density at radius 3 is 2.44 bits per heavy atom. The molecule has 10 nitrogen and oxygen atoms in total. The van der Waals surface area contributed by atoms with E-state index in [-0.39, 0.29) is 30.4 Å². The van der Waals surface area contributed by atoms with E-state index in [1.807, 2.05) is 38.1 Å². The number of aromatic hydroxyl groups is 1. The van der Waals surface area contributed by atoms with Crippen molar-refractivity contribution in [1.29, 1.82) is 0 Å². The quantitative estimate of drug-likeness (QED) is 0.140. The minimum absolute atomic E-state index is 0.0976. The fourth-order valence-corrected chi connectivity index (χ4v) is 11.2. The lowest BCUT2D eigenvalue weighted by atomic mass is 9.51. The van der Waals surface area contributed by atoms with Crippen molar-refractivity contribution >= 4 is 79.8 Å². The maximum Gasteiger partial charge on any atom is 0.242 e. The number of nitrogens with zero attached hydrogens (tertiary/aromatic N) is 4. The number of carbonyl (C=O) groups excluding carboxylic acids is 4. The average molecular weight is 796 g/mol. The van der Waals surface area contributed by atoms with Crippen molar-refractivity contribution in [2.75, 3.05) is 16.9 Å². The minimum Gasteiger partial charge on any atom is -0.508 e. The molecule has 2 aliphatic carbocycles. The lowest BCUT2D eigenvalue weighted by Gasteiger charge is -2.49. The van der Waals surface area contributed by atoms with Crippen molar-refractivity contribution in [3.05, 3.63) is 99.0 Å². The van der Waals surface area contributed by atoms with Crippen molar-refractivity contribution in [3.63, 3.8) is 0 Å². The van der Waals surface area contributed by atoms with Crippen molar-refractivity contribution in [2.45, 2.75) is 39.5 Å². The Labute approximate surface area is 330 Å². The van der Waals surface area contributed by atoms with E-state index >= 15 is 4.79 Å². The number of anilines is 2. The Morgan fingerprint density at radius 2 is 1.71 bits per heavy atom. The summed E-state index contributed by atoms with van der Waals surface area (Å²) in [7, 11) is 3.20. The Balaban J connectivity index is 1.16. The van der Waals surface area contributed by atoms with Gasteiger partial charge in [0.15, 0.2) is 0 Å². The number of amides is 4. The van der Waals surface area contributed by atoms with Crippen LogP contribution in [-0.4, -0.2) is 45.6 Å². The summed E-state index contributed by atoms with van der Waals surface area (Å²) < 4.78 is 7.98. The summed E-state index contributed by atoms with van der Waals surface area (Å²) in [6.07, 6.45) is 2.39. The Kier molecular flexibility index (Phi) is 8.13. The van der Waals surface area contributed by atoms with E-state index in [0.717, 1.165) is 31.7 Å². The van der Waals surface area contributed by atoms with E-state index in [1.54, 1.807) is 66.4 Å². The van der Waals surface area contributed by atoms with Gasteiger partial charge in [0.1, 0.15) is 23.0 Å². The molecule has 280 valence electrons. The summed E-state index contributed by atoms with van der Waals surface area (Å²) in [5.74, 6) is -4.55. The molecule has 4 aliphatic rings. The van der Waals surface area contributed by atoms with Crippen LogP contribution in [0, 0.1) is 42.9 Å². The number of phenolic OH excluding ortho intramolecular Hbond substituents is 1. The molecule has 4 heterocycles. The molecule has 4 amide bonds. The number of fused-ring (bicyclic) bond motifs is 5. The molecular weight excluding hydrogens is 759 g/mol. The first kappa shape index (κ1) is 35.7. The molecule has 5 aromatic rings. The number of ether oxygens (including phenoxy) is 1. The molecule has 0 bridgehead atoms. The van der Waals surface area contributed by atoms with Crippen LogP contribution in [0.2, 0.25) is 10.0 Å². The number of methoxy groups -OCH3 is 1. The molecule has 13 heteroatoms. The van der Waals surface area contributed by atoms with Gasteiger partial charge in [0.05, 0.1) is 40.8 Å². The summed E-state index contributed by atoms with van der Waals surface area (Å²) >= 11 is 14.3. The van der Waals surface area contributed by atoms with Crippen molar-refractivity contribution in [3.8, 4) is 22.1 Å². The molecule has 3 aromatic carbocycles. The molecule has 55 heavy (non-hydrogen) atoms. The second-order valence-electron chi connectivity index (χ2n) is 15.2. The van der Waals surface area contributed by atoms with Gasteiger partial charge in [-0.05, 0) is 92.4 Å². The van der Waals surface area contributed by atoms with Gasteiger partial charge in [-0.3, -0.25) is 23.9 Å². The highest BCUT2D eigenvalue weighted by molar-refractivity contribution is 7.22. The Bertz CT molecular complexity index is 2580. The third-order valence-electron chi connectivity index (χ3n) is 12.5. The first-order chi connectivity index (χ1) is 26.2. The summed E-state index contributed by atoms with van der Waals surface area (Å²) in [4.78, 5) is 61.9. The number of allylic oxidation sites excluding steroid dienone is 2. The molecule has 1 saturated carbocycles. The number of imide groups is 2. The zero-order valence-electron chi connectivity index (χ0n) is 30.6. The van der Waals surface area contributed by atoms with E-state index in [2.05, 4.69) is 0 Å². The van der Waals surface area contributed by atoms with Crippen LogP contribution in [0.25, 0.3) is 20.7 Å². The third kappa shape index (κ3) is 5.02. The zero-order chi connectivity index (χ0) is 38.8. The van der Waals surface area contributed by atoms with Gasteiger partial charge in [-0.2, -0.15) is 5.10 Å². The predicted molar refractivity (Wildman–Crippen MR) is 212 cm³/mol. The number of benzene rings is 3.